The van der Waals surface area contributed by atoms with Crippen LogP contribution in [0.25, 0.3) is 6.08 Å². The second-order valence-electron chi connectivity index (χ2n) is 11.3. The Balaban J connectivity index is 1.18. The predicted octanol–water partition coefficient (Wildman–Crippen LogP) is 5.87. The number of hydrazone groups is 1. The number of halogens is 1. The van der Waals surface area contributed by atoms with Gasteiger partial charge in [-0.2, -0.15) is 10.2 Å². The van der Waals surface area contributed by atoms with E-state index in [4.69, 9.17) is 5.10 Å². The molecule has 1 saturated heterocycles. The van der Waals surface area contributed by atoms with E-state index in [0.29, 0.717) is 10.2 Å². The molecule has 10 heteroatoms. The topological polar surface area (TPSA) is 98.0 Å². The molecule has 216 valence electrons. The van der Waals surface area contributed by atoms with Gasteiger partial charge in [0.05, 0.1) is 17.4 Å². The van der Waals surface area contributed by atoms with Crippen molar-refractivity contribution < 1.29 is 14.4 Å². The zero-order chi connectivity index (χ0) is 29.7. The van der Waals surface area contributed by atoms with Gasteiger partial charge >= 0.3 is 0 Å². The highest BCUT2D eigenvalue weighted by molar-refractivity contribution is 9.10. The predicted molar refractivity (Wildman–Crippen MR) is 166 cm³/mol. The highest BCUT2D eigenvalue weighted by Crippen LogP contribution is 2.45. The first-order valence-electron chi connectivity index (χ1n) is 14.4. The molecule has 7 rings (SSSR count). The monoisotopic (exact) mass is 636 g/mol. The largest absolute Gasteiger partial charge is 0.271 e. The number of nitrogens with zero attached hydrogens (tertiary/aromatic N) is 6. The summed E-state index contributed by atoms with van der Waals surface area (Å²) in [5.41, 5.74) is 5.61. The van der Waals surface area contributed by atoms with Gasteiger partial charge in [-0.1, -0.05) is 72.0 Å². The summed E-state index contributed by atoms with van der Waals surface area (Å²) in [4.78, 5) is 42.1. The normalized spacial score (nSPS) is 25.4. The van der Waals surface area contributed by atoms with E-state index in [2.05, 4.69) is 44.5 Å². The highest BCUT2D eigenvalue weighted by Gasteiger charge is 2.56. The standard InChI is InChI=1S/C33H29BrN6O3/c1-20-15-16-26(25(34)17-20)39-32(42)29-31(33(39)43)38(37-35-29)19-27(41)40-30(22-11-6-3-7-12-22)24-14-8-13-23(28(24)36-40)18-21-9-4-2-5-10-21/h2-7,9-12,15-18,24,29-31H,8,13-14,19H2,1H3/b23-18+/t24-,29+,30-,31-/m1/s1. The molecule has 2 fully saturated rings. The van der Waals surface area contributed by atoms with Gasteiger partial charge in [-0.05, 0) is 82.6 Å². The fraction of sp³-hybridized carbons (Fsp3) is 0.273. The summed E-state index contributed by atoms with van der Waals surface area (Å²) >= 11 is 3.48. The number of imide groups is 1. The molecular formula is C33H29BrN6O3. The van der Waals surface area contributed by atoms with Gasteiger partial charge in [0.1, 0.15) is 6.54 Å². The molecule has 43 heavy (non-hydrogen) atoms. The van der Waals surface area contributed by atoms with E-state index in [1.807, 2.05) is 67.6 Å². The van der Waals surface area contributed by atoms with Gasteiger partial charge in [0.2, 0.25) is 0 Å². The van der Waals surface area contributed by atoms with Crippen molar-refractivity contribution in [2.45, 2.75) is 44.3 Å². The van der Waals surface area contributed by atoms with Crippen molar-refractivity contribution in [2.24, 2.45) is 21.4 Å². The Hall–Kier alpha value is -4.44. The van der Waals surface area contributed by atoms with Gasteiger partial charge in [0.15, 0.2) is 12.1 Å². The number of fused-ring (bicyclic) bond motifs is 2. The molecule has 0 radical (unpaired) electrons. The number of carbonyl (C=O) groups excluding carboxylic acids is 3. The lowest BCUT2D eigenvalue weighted by molar-refractivity contribution is -0.136. The molecule has 3 amide bonds. The van der Waals surface area contributed by atoms with Gasteiger partial charge in [-0.3, -0.25) is 19.4 Å². The molecular weight excluding hydrogens is 608 g/mol. The summed E-state index contributed by atoms with van der Waals surface area (Å²) in [6, 6.07) is 23.3. The average Bonchev–Trinajstić information content (AvgIpc) is 3.68. The van der Waals surface area contributed by atoms with Crippen LogP contribution in [0.2, 0.25) is 0 Å². The minimum Gasteiger partial charge on any atom is -0.271 e. The third-order valence-corrected chi connectivity index (χ3v) is 9.17. The number of benzene rings is 3. The van der Waals surface area contributed by atoms with Crippen molar-refractivity contribution >= 4 is 51.1 Å². The molecule has 3 aromatic rings. The SMILES string of the molecule is Cc1ccc(N2C(=O)[C@H]3N=NN(CC(=O)N4N=C5/C(=C/c6ccccc6)CCC[C@H]5[C@H]4c4ccccc4)[C@H]3C2=O)c(Br)c1. The van der Waals surface area contributed by atoms with Gasteiger partial charge in [-0.15, -0.1) is 0 Å². The highest BCUT2D eigenvalue weighted by atomic mass is 79.9. The molecule has 0 N–H and O–H groups in total. The summed E-state index contributed by atoms with van der Waals surface area (Å²) in [5.74, 6) is -1.16. The van der Waals surface area contributed by atoms with Crippen LogP contribution in [0.15, 0.2) is 104 Å². The lowest BCUT2D eigenvalue weighted by Gasteiger charge is -2.30. The van der Waals surface area contributed by atoms with Crippen molar-refractivity contribution in [1.29, 1.82) is 0 Å². The number of aryl methyl sites for hydroxylation is 1. The Morgan fingerprint density at radius 2 is 1.72 bits per heavy atom. The number of anilines is 1. The van der Waals surface area contributed by atoms with Crippen LogP contribution in [-0.2, 0) is 14.4 Å². The summed E-state index contributed by atoms with van der Waals surface area (Å²) in [6.07, 6.45) is 4.97. The van der Waals surface area contributed by atoms with Gasteiger partial charge < -0.3 is 0 Å². The molecule has 0 spiro atoms. The molecule has 0 unspecified atom stereocenters. The lowest BCUT2D eigenvalue weighted by Crippen LogP contribution is -2.45. The average molecular weight is 638 g/mol. The Morgan fingerprint density at radius 1 is 0.977 bits per heavy atom. The number of hydrogen-bond donors (Lipinski definition) is 0. The molecule has 3 heterocycles. The van der Waals surface area contributed by atoms with E-state index in [9.17, 15) is 14.4 Å². The number of allylic oxidation sites excluding steroid dienone is 1. The van der Waals surface area contributed by atoms with Crippen LogP contribution in [0.3, 0.4) is 0 Å². The summed E-state index contributed by atoms with van der Waals surface area (Å²) in [5, 5.41) is 16.1. The lowest BCUT2D eigenvalue weighted by atomic mass is 9.77. The molecule has 9 nitrogen and oxygen atoms in total. The number of hydrogen-bond acceptors (Lipinski definition) is 7. The van der Waals surface area contributed by atoms with Crippen molar-refractivity contribution in [3.8, 4) is 0 Å². The molecule has 4 aliphatic rings. The maximum atomic E-state index is 14.1. The number of carbonyl (C=O) groups is 3. The third kappa shape index (κ3) is 4.79. The molecule has 1 saturated carbocycles. The van der Waals surface area contributed by atoms with Crippen molar-refractivity contribution in [3.05, 3.63) is 106 Å². The van der Waals surface area contributed by atoms with Crippen molar-refractivity contribution in [1.82, 2.24) is 10.0 Å². The molecule has 3 aliphatic heterocycles. The van der Waals surface area contributed by atoms with E-state index in [0.717, 1.165) is 52.1 Å². The van der Waals surface area contributed by atoms with Gasteiger partial charge in [0, 0.05) is 10.4 Å². The number of rotatable bonds is 5. The smallest absolute Gasteiger partial charge is 0.264 e. The fourth-order valence-corrected chi connectivity index (χ4v) is 7.21. The Bertz CT molecular complexity index is 1710. The quantitative estimate of drug-likeness (QED) is 0.327. The first kappa shape index (κ1) is 27.4. The summed E-state index contributed by atoms with van der Waals surface area (Å²) in [6.45, 7) is 1.70. The Morgan fingerprint density at radius 3 is 2.47 bits per heavy atom. The zero-order valence-corrected chi connectivity index (χ0v) is 25.1. The zero-order valence-electron chi connectivity index (χ0n) is 23.5. The third-order valence-electron chi connectivity index (χ3n) is 8.54. The molecule has 4 atom stereocenters. The first-order chi connectivity index (χ1) is 20.9. The van der Waals surface area contributed by atoms with Crippen molar-refractivity contribution in [3.63, 3.8) is 0 Å². The van der Waals surface area contributed by atoms with Crippen LogP contribution in [0.5, 0.6) is 0 Å². The van der Waals surface area contributed by atoms with E-state index >= 15 is 0 Å². The van der Waals surface area contributed by atoms with Gasteiger partial charge in [-0.25, -0.2) is 9.91 Å². The van der Waals surface area contributed by atoms with E-state index in [-0.39, 0.29) is 24.4 Å². The van der Waals surface area contributed by atoms with Gasteiger partial charge in [0.25, 0.3) is 17.7 Å². The van der Waals surface area contributed by atoms with Crippen LogP contribution < -0.4 is 4.90 Å². The van der Waals surface area contributed by atoms with Crippen LogP contribution in [-0.4, -0.2) is 52.1 Å². The minimum atomic E-state index is -0.994. The molecule has 3 aromatic carbocycles. The first-order valence-corrected chi connectivity index (χ1v) is 15.2. The van der Waals surface area contributed by atoms with Crippen LogP contribution >= 0.6 is 15.9 Å². The van der Waals surface area contributed by atoms with E-state index in [1.165, 1.54) is 5.01 Å². The van der Waals surface area contributed by atoms with Crippen molar-refractivity contribution in [2.75, 3.05) is 11.4 Å². The molecule has 0 bridgehead atoms. The Kier molecular flexibility index (Phi) is 7.01. The Labute approximate surface area is 257 Å². The number of amides is 3. The maximum Gasteiger partial charge on any atom is 0.264 e. The molecule has 0 aromatic heterocycles. The van der Waals surface area contributed by atoms with E-state index in [1.54, 1.807) is 11.1 Å². The van der Waals surface area contributed by atoms with Crippen LogP contribution in [0, 0.1) is 12.8 Å². The fourth-order valence-electron chi connectivity index (χ4n) is 6.54. The summed E-state index contributed by atoms with van der Waals surface area (Å²) in [7, 11) is 0. The maximum absolute atomic E-state index is 14.1. The second kappa shape index (κ2) is 11.0. The van der Waals surface area contributed by atoms with Crippen LogP contribution in [0.1, 0.15) is 42.0 Å². The molecule has 1 aliphatic carbocycles. The minimum absolute atomic E-state index is 0.0482. The van der Waals surface area contributed by atoms with Crippen LogP contribution in [0.4, 0.5) is 5.69 Å². The second-order valence-corrected chi connectivity index (χ2v) is 12.2. The van der Waals surface area contributed by atoms with E-state index < -0.39 is 23.9 Å². The summed E-state index contributed by atoms with van der Waals surface area (Å²) < 4.78 is 0.634.